The van der Waals surface area contributed by atoms with Crippen LogP contribution in [0, 0.1) is 0 Å². The van der Waals surface area contributed by atoms with Gasteiger partial charge in [0.2, 0.25) is 10.0 Å². The third kappa shape index (κ3) is 7.19. The van der Waals surface area contributed by atoms with Gasteiger partial charge in [-0.15, -0.1) is 0 Å². The molecule has 8 heteroatoms. The maximum Gasteiger partial charge on any atom is 0.250 e. The van der Waals surface area contributed by atoms with Gasteiger partial charge in [-0.05, 0) is 12.0 Å². The average molecular weight is 315 g/mol. The molecule has 0 aromatic heterocycles. The summed E-state index contributed by atoms with van der Waals surface area (Å²) in [6.07, 6.45) is 0.0552. The molecule has 0 aliphatic rings. The van der Waals surface area contributed by atoms with E-state index in [4.69, 9.17) is 5.73 Å². The molecular formula is C13H21N3O4S. The Morgan fingerprint density at radius 1 is 1.29 bits per heavy atom. The van der Waals surface area contributed by atoms with Gasteiger partial charge in [-0.3, -0.25) is 4.79 Å². The Morgan fingerprint density at radius 3 is 2.48 bits per heavy atom. The Bertz CT molecular complexity index is 548. The Morgan fingerprint density at radius 2 is 1.90 bits per heavy atom. The molecule has 1 aromatic carbocycles. The number of rotatable bonds is 8. The fourth-order valence-electron chi connectivity index (χ4n) is 1.72. The highest BCUT2D eigenvalue weighted by molar-refractivity contribution is 7.88. The van der Waals surface area contributed by atoms with Crippen molar-refractivity contribution in [2.75, 3.05) is 19.3 Å². The molecule has 2 atom stereocenters. The van der Waals surface area contributed by atoms with E-state index in [-0.39, 0.29) is 13.1 Å². The van der Waals surface area contributed by atoms with Gasteiger partial charge in [-0.2, -0.15) is 0 Å². The summed E-state index contributed by atoms with van der Waals surface area (Å²) >= 11 is 0. The van der Waals surface area contributed by atoms with Crippen LogP contribution >= 0.6 is 0 Å². The van der Waals surface area contributed by atoms with Crippen molar-refractivity contribution < 1.29 is 18.3 Å². The van der Waals surface area contributed by atoms with Crippen LogP contribution in [-0.4, -0.2) is 50.9 Å². The molecule has 0 fully saturated rings. The molecule has 0 aliphatic heterocycles. The third-order valence-corrected chi connectivity index (χ3v) is 3.51. The minimum Gasteiger partial charge on any atom is -0.382 e. The van der Waals surface area contributed by atoms with Crippen LogP contribution in [0.5, 0.6) is 0 Å². The van der Waals surface area contributed by atoms with Crippen molar-refractivity contribution in [3.63, 3.8) is 0 Å². The van der Waals surface area contributed by atoms with Crippen molar-refractivity contribution in [1.82, 2.24) is 10.0 Å². The van der Waals surface area contributed by atoms with E-state index in [0.717, 1.165) is 11.8 Å². The lowest BCUT2D eigenvalue weighted by molar-refractivity contribution is -0.130. The summed E-state index contributed by atoms with van der Waals surface area (Å²) in [7, 11) is -3.29. The molecule has 1 unspecified atom stereocenters. The molecule has 1 aromatic rings. The van der Waals surface area contributed by atoms with E-state index in [1.165, 1.54) is 0 Å². The normalized spacial score (nSPS) is 14.4. The van der Waals surface area contributed by atoms with Crippen LogP contribution in [0.2, 0.25) is 0 Å². The number of amides is 1. The van der Waals surface area contributed by atoms with Crippen molar-refractivity contribution in [1.29, 1.82) is 0 Å². The zero-order valence-electron chi connectivity index (χ0n) is 11.8. The van der Waals surface area contributed by atoms with Crippen LogP contribution in [0.3, 0.4) is 0 Å². The Labute approximate surface area is 124 Å². The number of benzene rings is 1. The molecule has 118 valence electrons. The quantitative estimate of drug-likeness (QED) is 0.439. The second kappa shape index (κ2) is 8.08. The molecule has 21 heavy (non-hydrogen) atoms. The van der Waals surface area contributed by atoms with E-state index in [1.807, 2.05) is 30.3 Å². The van der Waals surface area contributed by atoms with Gasteiger partial charge in [-0.1, -0.05) is 30.3 Å². The molecule has 5 N–H and O–H groups in total. The number of hydrogen-bond donors (Lipinski definition) is 4. The lowest BCUT2D eigenvalue weighted by Gasteiger charge is -2.18. The number of carbonyl (C=O) groups is 1. The van der Waals surface area contributed by atoms with Gasteiger partial charge in [0, 0.05) is 19.1 Å². The number of sulfonamides is 1. The van der Waals surface area contributed by atoms with E-state index in [9.17, 15) is 18.3 Å². The zero-order valence-corrected chi connectivity index (χ0v) is 12.6. The van der Waals surface area contributed by atoms with Crippen LogP contribution in [0.15, 0.2) is 30.3 Å². The SMILES string of the molecule is CS(=O)(=O)NCCNC(=O)C(O)[C@@H](N)Cc1ccccc1. The fourth-order valence-corrected chi connectivity index (χ4v) is 2.19. The summed E-state index contributed by atoms with van der Waals surface area (Å²) in [5.41, 5.74) is 6.73. The molecule has 7 nitrogen and oxygen atoms in total. The summed E-state index contributed by atoms with van der Waals surface area (Å²) in [6, 6.07) is 8.57. The number of carbonyl (C=O) groups excluding carboxylic acids is 1. The highest BCUT2D eigenvalue weighted by Gasteiger charge is 2.22. The monoisotopic (exact) mass is 315 g/mol. The predicted octanol–water partition coefficient (Wildman–Crippen LogP) is -1.42. The predicted molar refractivity (Wildman–Crippen MR) is 80.0 cm³/mol. The fraction of sp³-hybridized carbons (Fsp3) is 0.462. The highest BCUT2D eigenvalue weighted by Crippen LogP contribution is 2.04. The van der Waals surface area contributed by atoms with Gasteiger partial charge in [-0.25, -0.2) is 13.1 Å². The average Bonchev–Trinajstić information content (AvgIpc) is 2.42. The molecular weight excluding hydrogens is 294 g/mol. The molecule has 0 aliphatic carbocycles. The first-order valence-corrected chi connectivity index (χ1v) is 8.38. The van der Waals surface area contributed by atoms with E-state index < -0.39 is 28.1 Å². The first kappa shape index (κ1) is 17.6. The van der Waals surface area contributed by atoms with Gasteiger partial charge in [0.25, 0.3) is 5.91 Å². The molecule has 0 saturated heterocycles. The number of nitrogens with one attached hydrogen (secondary N) is 2. The maximum absolute atomic E-state index is 11.7. The minimum atomic E-state index is -3.29. The molecule has 0 saturated carbocycles. The number of aliphatic hydroxyl groups is 1. The maximum atomic E-state index is 11.7. The minimum absolute atomic E-state index is 0.0607. The van der Waals surface area contributed by atoms with Crippen LogP contribution in [0.25, 0.3) is 0 Å². The molecule has 1 rings (SSSR count). The molecule has 0 spiro atoms. The van der Waals surface area contributed by atoms with E-state index in [2.05, 4.69) is 10.0 Å². The van der Waals surface area contributed by atoms with Gasteiger partial charge in [0.05, 0.1) is 6.26 Å². The Kier molecular flexibility index (Phi) is 6.76. The van der Waals surface area contributed by atoms with E-state index in [1.54, 1.807) is 0 Å². The lowest BCUT2D eigenvalue weighted by Crippen LogP contribution is -2.48. The lowest BCUT2D eigenvalue weighted by atomic mass is 10.0. The number of nitrogens with two attached hydrogens (primary N) is 1. The zero-order chi connectivity index (χ0) is 15.9. The third-order valence-electron chi connectivity index (χ3n) is 2.78. The van der Waals surface area contributed by atoms with E-state index >= 15 is 0 Å². The van der Waals surface area contributed by atoms with Crippen LogP contribution in [0.4, 0.5) is 0 Å². The number of aliphatic hydroxyl groups excluding tert-OH is 1. The summed E-state index contributed by atoms with van der Waals surface area (Å²) in [5, 5.41) is 12.3. The van der Waals surface area contributed by atoms with Crippen LogP contribution in [-0.2, 0) is 21.2 Å². The first-order chi connectivity index (χ1) is 9.79. The number of hydrogen-bond acceptors (Lipinski definition) is 5. The topological polar surface area (TPSA) is 122 Å². The summed E-state index contributed by atoms with van der Waals surface area (Å²) in [4.78, 5) is 11.7. The second-order valence-electron chi connectivity index (χ2n) is 4.76. The van der Waals surface area contributed by atoms with Gasteiger partial charge < -0.3 is 16.2 Å². The molecule has 1 amide bonds. The van der Waals surface area contributed by atoms with Crippen molar-refractivity contribution in [3.05, 3.63) is 35.9 Å². The van der Waals surface area contributed by atoms with Crippen LogP contribution in [0.1, 0.15) is 5.56 Å². The van der Waals surface area contributed by atoms with Crippen molar-refractivity contribution >= 4 is 15.9 Å². The van der Waals surface area contributed by atoms with Crippen molar-refractivity contribution in [3.8, 4) is 0 Å². The van der Waals surface area contributed by atoms with Crippen molar-refractivity contribution in [2.24, 2.45) is 5.73 Å². The summed E-state index contributed by atoms with van der Waals surface area (Å²) < 4.78 is 23.9. The molecule has 0 heterocycles. The first-order valence-electron chi connectivity index (χ1n) is 6.49. The highest BCUT2D eigenvalue weighted by atomic mass is 32.2. The van der Waals surface area contributed by atoms with Gasteiger partial charge in [0.1, 0.15) is 6.10 Å². The van der Waals surface area contributed by atoms with Gasteiger partial charge >= 0.3 is 0 Å². The van der Waals surface area contributed by atoms with E-state index in [0.29, 0.717) is 6.42 Å². The summed E-state index contributed by atoms with van der Waals surface area (Å²) in [5.74, 6) is -0.617. The largest absolute Gasteiger partial charge is 0.382 e. The smallest absolute Gasteiger partial charge is 0.250 e. The Hall–Kier alpha value is -1.48. The van der Waals surface area contributed by atoms with Gasteiger partial charge in [0.15, 0.2) is 0 Å². The standard InChI is InChI=1S/C13H21N3O4S/c1-21(19,20)16-8-7-15-13(18)12(17)11(14)9-10-5-3-2-4-6-10/h2-6,11-12,16-17H,7-9,14H2,1H3,(H,15,18)/t11-,12?/m0/s1. The van der Waals surface area contributed by atoms with Crippen LogP contribution < -0.4 is 15.8 Å². The Balaban J connectivity index is 2.36. The second-order valence-corrected chi connectivity index (χ2v) is 6.59. The molecule has 0 radical (unpaired) electrons. The van der Waals surface area contributed by atoms with Crippen molar-refractivity contribution in [2.45, 2.75) is 18.6 Å². The molecule has 0 bridgehead atoms. The summed E-state index contributed by atoms with van der Waals surface area (Å²) in [6.45, 7) is 0.145.